The topological polar surface area (TPSA) is 84.5 Å². The lowest BCUT2D eigenvalue weighted by Crippen LogP contribution is -2.30. The predicted octanol–water partition coefficient (Wildman–Crippen LogP) is 2.94. The Balaban J connectivity index is 2.30. The number of sulfone groups is 1. The first-order valence-electron chi connectivity index (χ1n) is 8.58. The molecule has 0 bridgehead atoms. The zero-order chi connectivity index (χ0) is 19.9. The van der Waals surface area contributed by atoms with E-state index < -0.39 is 9.84 Å². The molecule has 2 aromatic carbocycles. The Hall–Kier alpha value is -2.80. The molecule has 27 heavy (non-hydrogen) atoms. The van der Waals surface area contributed by atoms with Crippen LogP contribution in [0.2, 0.25) is 0 Å². The van der Waals surface area contributed by atoms with Crippen molar-refractivity contribution in [1.29, 1.82) is 0 Å². The molecule has 0 fully saturated rings. The zero-order valence-electron chi connectivity index (χ0n) is 15.5. The van der Waals surface area contributed by atoms with Crippen LogP contribution in [0.25, 0.3) is 0 Å². The van der Waals surface area contributed by atoms with E-state index in [-0.39, 0.29) is 22.2 Å². The van der Waals surface area contributed by atoms with Crippen molar-refractivity contribution >= 4 is 21.4 Å². The number of benzene rings is 2. The fourth-order valence-electron chi connectivity index (χ4n) is 2.43. The highest BCUT2D eigenvalue weighted by atomic mass is 32.2. The van der Waals surface area contributed by atoms with E-state index in [2.05, 4.69) is 17.2 Å². The van der Waals surface area contributed by atoms with E-state index in [0.29, 0.717) is 24.6 Å². The minimum atomic E-state index is -3.75. The van der Waals surface area contributed by atoms with Crippen LogP contribution in [0.15, 0.2) is 64.9 Å². The van der Waals surface area contributed by atoms with Crippen LogP contribution in [0.5, 0.6) is 5.75 Å². The Morgan fingerprint density at radius 1 is 1.19 bits per heavy atom. The van der Waals surface area contributed by atoms with Crippen LogP contribution in [-0.2, 0) is 14.6 Å². The van der Waals surface area contributed by atoms with E-state index in [1.54, 1.807) is 36.4 Å². The number of anilines is 1. The van der Waals surface area contributed by atoms with Gasteiger partial charge in [-0.2, -0.15) is 0 Å². The van der Waals surface area contributed by atoms with E-state index >= 15 is 0 Å². The van der Waals surface area contributed by atoms with Crippen molar-refractivity contribution < 1.29 is 17.9 Å². The largest absolute Gasteiger partial charge is 0.494 e. The van der Waals surface area contributed by atoms with Crippen LogP contribution in [0.1, 0.15) is 12.5 Å². The van der Waals surface area contributed by atoms with Crippen molar-refractivity contribution in [1.82, 2.24) is 5.32 Å². The number of carbonyl (C=O) groups is 1. The molecule has 0 aliphatic rings. The van der Waals surface area contributed by atoms with Gasteiger partial charge in [0.05, 0.1) is 28.6 Å². The number of nitrogens with one attached hydrogen (secondary N) is 2. The Morgan fingerprint density at radius 3 is 2.52 bits per heavy atom. The highest BCUT2D eigenvalue weighted by Gasteiger charge is 2.22. The molecular formula is C20H24N2O4S. The smallest absolute Gasteiger partial charge is 0.239 e. The Labute approximate surface area is 160 Å². The molecule has 2 rings (SSSR count). The van der Waals surface area contributed by atoms with Gasteiger partial charge in [0.15, 0.2) is 0 Å². The first-order valence-corrected chi connectivity index (χ1v) is 10.1. The zero-order valence-corrected chi connectivity index (χ0v) is 16.3. The summed E-state index contributed by atoms with van der Waals surface area (Å²) in [5.41, 5.74) is 1.18. The summed E-state index contributed by atoms with van der Waals surface area (Å²) in [6.07, 6.45) is 1.57. The normalized spacial score (nSPS) is 10.9. The second kappa shape index (κ2) is 9.23. The van der Waals surface area contributed by atoms with Gasteiger partial charge in [-0.15, -0.1) is 6.58 Å². The maximum Gasteiger partial charge on any atom is 0.239 e. The summed E-state index contributed by atoms with van der Waals surface area (Å²) in [7, 11) is -3.75. The van der Waals surface area contributed by atoms with Crippen molar-refractivity contribution in [3.63, 3.8) is 0 Å². The van der Waals surface area contributed by atoms with Crippen LogP contribution in [0.3, 0.4) is 0 Å². The molecule has 0 aliphatic carbocycles. The standard InChI is InChI=1S/C20H24N2O4S/c1-4-12-21-20(23)14-22-18-11-6-15(3)13-19(18)27(24,25)17-9-7-16(8-10-17)26-5-2/h4,6-11,13,22H,1,5,12,14H2,2-3H3,(H,21,23). The third-order valence-corrected chi connectivity index (χ3v) is 5.56. The molecule has 6 nitrogen and oxygen atoms in total. The van der Waals surface area contributed by atoms with Crippen LogP contribution in [0, 0.1) is 6.92 Å². The molecule has 144 valence electrons. The molecule has 0 unspecified atom stereocenters. The molecule has 0 saturated heterocycles. The molecule has 0 aromatic heterocycles. The molecule has 7 heteroatoms. The minimum absolute atomic E-state index is 0.0390. The van der Waals surface area contributed by atoms with Gasteiger partial charge in [0, 0.05) is 6.54 Å². The summed E-state index contributed by atoms with van der Waals surface area (Å²) < 4.78 is 31.6. The van der Waals surface area contributed by atoms with Crippen molar-refractivity contribution in [2.75, 3.05) is 25.0 Å². The average Bonchev–Trinajstić information content (AvgIpc) is 2.66. The quantitative estimate of drug-likeness (QED) is 0.645. The summed E-state index contributed by atoms with van der Waals surface area (Å²) >= 11 is 0. The van der Waals surface area contributed by atoms with E-state index in [4.69, 9.17) is 4.74 Å². The summed E-state index contributed by atoms with van der Waals surface area (Å²) in [4.78, 5) is 12.1. The lowest BCUT2D eigenvalue weighted by molar-refractivity contribution is -0.119. The third kappa shape index (κ3) is 5.34. The molecule has 2 N–H and O–H groups in total. The maximum absolute atomic E-state index is 13.1. The predicted molar refractivity (Wildman–Crippen MR) is 106 cm³/mol. The number of rotatable bonds is 9. The van der Waals surface area contributed by atoms with Crippen molar-refractivity contribution in [3.05, 3.63) is 60.7 Å². The molecule has 1 amide bonds. The number of hydrogen-bond donors (Lipinski definition) is 2. The van der Waals surface area contributed by atoms with Crippen LogP contribution < -0.4 is 15.4 Å². The number of hydrogen-bond acceptors (Lipinski definition) is 5. The van der Waals surface area contributed by atoms with Gasteiger partial charge in [0.2, 0.25) is 15.7 Å². The fourth-order valence-corrected chi connectivity index (χ4v) is 3.95. The number of ether oxygens (including phenoxy) is 1. The van der Waals surface area contributed by atoms with Crippen molar-refractivity contribution in [3.8, 4) is 5.75 Å². The molecule has 0 spiro atoms. The maximum atomic E-state index is 13.1. The van der Waals surface area contributed by atoms with Crippen LogP contribution in [0.4, 0.5) is 5.69 Å². The van der Waals surface area contributed by atoms with Gasteiger partial charge in [-0.05, 0) is 55.8 Å². The van der Waals surface area contributed by atoms with Gasteiger partial charge in [0.1, 0.15) is 5.75 Å². The van der Waals surface area contributed by atoms with E-state index in [9.17, 15) is 13.2 Å². The van der Waals surface area contributed by atoms with Gasteiger partial charge in [-0.25, -0.2) is 8.42 Å². The highest BCUT2D eigenvalue weighted by Crippen LogP contribution is 2.29. The summed E-state index contributed by atoms with van der Waals surface area (Å²) in [5, 5.41) is 5.55. The second-order valence-electron chi connectivity index (χ2n) is 5.85. The van der Waals surface area contributed by atoms with Crippen molar-refractivity contribution in [2.24, 2.45) is 0 Å². The van der Waals surface area contributed by atoms with Crippen LogP contribution in [-0.4, -0.2) is 34.0 Å². The molecule has 0 heterocycles. The Kier molecular flexibility index (Phi) is 7.01. The molecule has 0 saturated carbocycles. The first kappa shape index (κ1) is 20.5. The molecular weight excluding hydrogens is 364 g/mol. The molecule has 0 aliphatic heterocycles. The molecule has 0 radical (unpaired) electrons. The van der Waals surface area contributed by atoms with Gasteiger partial charge >= 0.3 is 0 Å². The van der Waals surface area contributed by atoms with Crippen LogP contribution >= 0.6 is 0 Å². The lowest BCUT2D eigenvalue weighted by atomic mass is 10.2. The minimum Gasteiger partial charge on any atom is -0.494 e. The SMILES string of the molecule is C=CCNC(=O)CNc1ccc(C)cc1S(=O)(=O)c1ccc(OCC)cc1. The number of amides is 1. The number of carbonyl (C=O) groups excluding carboxylic acids is 1. The summed E-state index contributed by atoms with van der Waals surface area (Å²) in [6, 6.07) is 11.3. The third-order valence-electron chi connectivity index (χ3n) is 3.75. The highest BCUT2D eigenvalue weighted by molar-refractivity contribution is 7.91. The summed E-state index contributed by atoms with van der Waals surface area (Å²) in [6.45, 7) is 8.03. The van der Waals surface area contributed by atoms with Gasteiger partial charge in [0.25, 0.3) is 0 Å². The monoisotopic (exact) mass is 388 g/mol. The summed E-state index contributed by atoms with van der Waals surface area (Å²) in [5.74, 6) is 0.359. The fraction of sp³-hybridized carbons (Fsp3) is 0.250. The molecule has 0 atom stereocenters. The second-order valence-corrected chi connectivity index (χ2v) is 7.77. The van der Waals surface area contributed by atoms with Gasteiger partial charge in [-0.3, -0.25) is 4.79 Å². The molecule has 2 aromatic rings. The van der Waals surface area contributed by atoms with Gasteiger partial charge < -0.3 is 15.4 Å². The number of aryl methyl sites for hydroxylation is 1. The Morgan fingerprint density at radius 2 is 1.89 bits per heavy atom. The lowest BCUT2D eigenvalue weighted by Gasteiger charge is -2.14. The van der Waals surface area contributed by atoms with E-state index in [0.717, 1.165) is 5.56 Å². The Bertz CT molecular complexity index is 906. The van der Waals surface area contributed by atoms with E-state index in [1.807, 2.05) is 13.8 Å². The van der Waals surface area contributed by atoms with Crippen molar-refractivity contribution in [2.45, 2.75) is 23.6 Å². The van der Waals surface area contributed by atoms with Gasteiger partial charge in [-0.1, -0.05) is 12.1 Å². The first-order chi connectivity index (χ1) is 12.9. The van der Waals surface area contributed by atoms with E-state index in [1.165, 1.54) is 12.1 Å². The average molecular weight is 388 g/mol.